The molecule has 5 nitrogen and oxygen atoms in total. The Morgan fingerprint density at radius 3 is 2.39 bits per heavy atom. The number of hydrogen-bond donors (Lipinski definition) is 0. The van der Waals surface area contributed by atoms with E-state index in [9.17, 15) is 23.7 Å². The first-order valence-electron chi connectivity index (χ1n) is 5.15. The molecule has 7 heteroatoms. The number of hydrogen-bond acceptors (Lipinski definition) is 4. The predicted octanol–water partition coefficient (Wildman–Crippen LogP) is 2.34. The Labute approximate surface area is 102 Å². The maximum Gasteiger partial charge on any atom is 0.377 e. The standard InChI is InChI=1S/C11H11F2NO4/c1-2-18-10(15)11(12,13)7-8-3-5-9(6-4-8)14(16)17/h3-6H,2,7H2,1H3. The van der Waals surface area contributed by atoms with Gasteiger partial charge in [0.25, 0.3) is 5.69 Å². The van der Waals surface area contributed by atoms with E-state index in [1.165, 1.54) is 19.1 Å². The van der Waals surface area contributed by atoms with Crippen LogP contribution in [0.25, 0.3) is 0 Å². The molecule has 0 aliphatic heterocycles. The van der Waals surface area contributed by atoms with Crippen LogP contribution in [0.15, 0.2) is 24.3 Å². The summed E-state index contributed by atoms with van der Waals surface area (Å²) >= 11 is 0. The van der Waals surface area contributed by atoms with Crippen molar-refractivity contribution in [1.29, 1.82) is 0 Å². The highest BCUT2D eigenvalue weighted by atomic mass is 19.3. The zero-order valence-corrected chi connectivity index (χ0v) is 9.56. The molecule has 0 heterocycles. The highest BCUT2D eigenvalue weighted by Gasteiger charge is 2.40. The Morgan fingerprint density at radius 2 is 1.94 bits per heavy atom. The molecule has 98 valence electrons. The second kappa shape index (κ2) is 5.52. The third-order valence-corrected chi connectivity index (χ3v) is 2.15. The fraction of sp³-hybridized carbons (Fsp3) is 0.364. The van der Waals surface area contributed by atoms with E-state index >= 15 is 0 Å². The van der Waals surface area contributed by atoms with Crippen LogP contribution in [0.5, 0.6) is 0 Å². The van der Waals surface area contributed by atoms with Crippen molar-refractivity contribution in [2.75, 3.05) is 6.61 Å². The number of esters is 1. The minimum atomic E-state index is -3.63. The molecule has 0 amide bonds. The summed E-state index contributed by atoms with van der Waals surface area (Å²) in [7, 11) is 0. The maximum absolute atomic E-state index is 13.3. The normalized spacial score (nSPS) is 11.1. The second-order valence-corrected chi connectivity index (χ2v) is 3.53. The molecule has 1 aromatic rings. The average Bonchev–Trinajstić information content (AvgIpc) is 2.29. The van der Waals surface area contributed by atoms with Crippen LogP contribution in [-0.2, 0) is 16.0 Å². The molecule has 1 rings (SSSR count). The Morgan fingerprint density at radius 1 is 1.39 bits per heavy atom. The van der Waals surface area contributed by atoms with E-state index in [-0.39, 0.29) is 17.9 Å². The van der Waals surface area contributed by atoms with Gasteiger partial charge in [0.05, 0.1) is 11.5 Å². The topological polar surface area (TPSA) is 69.4 Å². The summed E-state index contributed by atoms with van der Waals surface area (Å²) in [5.74, 6) is -5.23. The Hall–Kier alpha value is -2.05. The van der Waals surface area contributed by atoms with Crippen LogP contribution in [0.3, 0.4) is 0 Å². The van der Waals surface area contributed by atoms with E-state index in [1.54, 1.807) is 0 Å². The Kier molecular flexibility index (Phi) is 4.30. The van der Waals surface area contributed by atoms with E-state index in [2.05, 4.69) is 4.74 Å². The van der Waals surface area contributed by atoms with Gasteiger partial charge in [-0.2, -0.15) is 8.78 Å². The molecular weight excluding hydrogens is 248 g/mol. The van der Waals surface area contributed by atoms with E-state index in [4.69, 9.17) is 0 Å². The molecule has 0 bridgehead atoms. The number of carbonyl (C=O) groups excluding carboxylic acids is 1. The molecule has 0 saturated carbocycles. The number of non-ortho nitro benzene ring substituents is 1. The summed E-state index contributed by atoms with van der Waals surface area (Å²) in [5.41, 5.74) is -0.0724. The van der Waals surface area contributed by atoms with Crippen molar-refractivity contribution < 1.29 is 23.2 Å². The van der Waals surface area contributed by atoms with Gasteiger partial charge in [0.1, 0.15) is 0 Å². The largest absolute Gasteiger partial charge is 0.462 e. The summed E-state index contributed by atoms with van der Waals surface area (Å²) in [5, 5.41) is 10.4. The van der Waals surface area contributed by atoms with Gasteiger partial charge in [0, 0.05) is 18.6 Å². The van der Waals surface area contributed by atoms with Crippen LogP contribution in [-0.4, -0.2) is 23.4 Å². The number of rotatable bonds is 5. The van der Waals surface area contributed by atoms with Crippen LogP contribution >= 0.6 is 0 Å². The number of nitrogens with zero attached hydrogens (tertiary/aromatic N) is 1. The first kappa shape index (κ1) is 14.0. The molecule has 1 aromatic carbocycles. The molecule has 0 spiro atoms. The number of alkyl halides is 2. The van der Waals surface area contributed by atoms with Crippen LogP contribution < -0.4 is 0 Å². The summed E-state index contributed by atoms with van der Waals surface area (Å²) in [6, 6.07) is 4.59. The molecule has 0 N–H and O–H groups in total. The number of halogens is 2. The molecular formula is C11H11F2NO4. The first-order valence-corrected chi connectivity index (χ1v) is 5.15. The van der Waals surface area contributed by atoms with Crippen molar-refractivity contribution in [3.63, 3.8) is 0 Å². The van der Waals surface area contributed by atoms with Crippen molar-refractivity contribution in [1.82, 2.24) is 0 Å². The number of nitro benzene ring substituents is 1. The lowest BCUT2D eigenvalue weighted by molar-refractivity contribution is -0.384. The van der Waals surface area contributed by atoms with E-state index < -0.39 is 23.2 Å². The zero-order chi connectivity index (χ0) is 13.8. The van der Waals surface area contributed by atoms with Crippen molar-refractivity contribution in [2.24, 2.45) is 0 Å². The average molecular weight is 259 g/mol. The Balaban J connectivity index is 2.78. The van der Waals surface area contributed by atoms with Gasteiger partial charge in [-0.3, -0.25) is 10.1 Å². The van der Waals surface area contributed by atoms with Crippen LogP contribution in [0.2, 0.25) is 0 Å². The van der Waals surface area contributed by atoms with Crippen LogP contribution in [0, 0.1) is 10.1 Å². The smallest absolute Gasteiger partial charge is 0.377 e. The van der Waals surface area contributed by atoms with Gasteiger partial charge >= 0.3 is 11.9 Å². The van der Waals surface area contributed by atoms with Crippen molar-refractivity contribution >= 4 is 11.7 Å². The summed E-state index contributed by atoms with van der Waals surface area (Å²) in [6.45, 7) is 1.30. The fourth-order valence-electron chi connectivity index (χ4n) is 1.30. The number of nitro groups is 1. The summed E-state index contributed by atoms with van der Waals surface area (Å²) in [6.07, 6.45) is -0.843. The van der Waals surface area contributed by atoms with E-state index in [0.29, 0.717) is 0 Å². The molecule has 18 heavy (non-hydrogen) atoms. The van der Waals surface area contributed by atoms with Gasteiger partial charge < -0.3 is 4.74 Å². The third-order valence-electron chi connectivity index (χ3n) is 2.15. The fourth-order valence-corrected chi connectivity index (χ4v) is 1.30. The number of ether oxygens (including phenoxy) is 1. The first-order chi connectivity index (χ1) is 8.36. The van der Waals surface area contributed by atoms with Gasteiger partial charge in [-0.05, 0) is 12.5 Å². The van der Waals surface area contributed by atoms with Gasteiger partial charge in [-0.1, -0.05) is 12.1 Å². The molecule has 0 aromatic heterocycles. The van der Waals surface area contributed by atoms with Gasteiger partial charge in [-0.25, -0.2) is 4.79 Å². The molecule has 0 radical (unpaired) electrons. The number of benzene rings is 1. The summed E-state index contributed by atoms with van der Waals surface area (Å²) < 4.78 is 30.9. The van der Waals surface area contributed by atoms with Crippen molar-refractivity contribution in [2.45, 2.75) is 19.3 Å². The predicted molar refractivity (Wildman–Crippen MR) is 58.4 cm³/mol. The van der Waals surface area contributed by atoms with Gasteiger partial charge in [0.15, 0.2) is 0 Å². The number of carbonyl (C=O) groups is 1. The summed E-state index contributed by atoms with van der Waals surface area (Å²) in [4.78, 5) is 20.7. The molecule has 0 aliphatic carbocycles. The minimum absolute atomic E-state index is 0.124. The van der Waals surface area contributed by atoms with Gasteiger partial charge in [-0.15, -0.1) is 0 Å². The second-order valence-electron chi connectivity index (χ2n) is 3.53. The lowest BCUT2D eigenvalue weighted by Gasteiger charge is -2.14. The zero-order valence-electron chi connectivity index (χ0n) is 9.56. The van der Waals surface area contributed by atoms with Gasteiger partial charge in [0.2, 0.25) is 0 Å². The molecule has 0 aliphatic rings. The molecule has 0 atom stereocenters. The Bertz CT molecular complexity index is 445. The lowest BCUT2D eigenvalue weighted by Crippen LogP contribution is -2.33. The van der Waals surface area contributed by atoms with E-state index in [1.807, 2.05) is 0 Å². The minimum Gasteiger partial charge on any atom is -0.462 e. The SMILES string of the molecule is CCOC(=O)C(F)(F)Cc1ccc([N+](=O)[O-])cc1. The van der Waals surface area contributed by atoms with Crippen molar-refractivity contribution in [3.8, 4) is 0 Å². The highest BCUT2D eigenvalue weighted by molar-refractivity contribution is 5.77. The van der Waals surface area contributed by atoms with Crippen LogP contribution in [0.4, 0.5) is 14.5 Å². The monoisotopic (exact) mass is 259 g/mol. The molecule has 0 fully saturated rings. The highest BCUT2D eigenvalue weighted by Crippen LogP contribution is 2.23. The molecule has 0 saturated heterocycles. The van der Waals surface area contributed by atoms with Crippen LogP contribution in [0.1, 0.15) is 12.5 Å². The maximum atomic E-state index is 13.3. The molecule has 0 unspecified atom stereocenters. The third kappa shape index (κ3) is 3.47. The quantitative estimate of drug-likeness (QED) is 0.462. The van der Waals surface area contributed by atoms with E-state index in [0.717, 1.165) is 12.1 Å². The lowest BCUT2D eigenvalue weighted by atomic mass is 10.1. The van der Waals surface area contributed by atoms with Crippen molar-refractivity contribution in [3.05, 3.63) is 39.9 Å².